The number of nitrogens with two attached hydrogens (primary N) is 1. The van der Waals surface area contributed by atoms with Gasteiger partial charge >= 0.3 is 0 Å². The number of methoxy groups -OCH3 is 2. The molecule has 0 aliphatic carbocycles. The lowest BCUT2D eigenvalue weighted by molar-refractivity contribution is -0.130. The first-order chi connectivity index (χ1) is 9.53. The molecule has 20 heavy (non-hydrogen) atoms. The zero-order valence-corrected chi connectivity index (χ0v) is 12.2. The number of nitrogen functional groups attached to an aromatic ring is 1. The Bertz CT molecular complexity index is 463. The normalized spacial score (nSPS) is 10.2. The van der Waals surface area contributed by atoms with Crippen LogP contribution in [-0.2, 0) is 11.2 Å². The molecule has 3 N–H and O–H groups in total. The fourth-order valence-corrected chi connectivity index (χ4v) is 1.89. The second kappa shape index (κ2) is 7.59. The van der Waals surface area contributed by atoms with Gasteiger partial charge in [-0.05, 0) is 18.1 Å². The van der Waals surface area contributed by atoms with Gasteiger partial charge in [-0.1, -0.05) is 0 Å². The number of benzene rings is 1. The minimum Gasteiger partial charge on any atom is -0.496 e. The highest BCUT2D eigenvalue weighted by Gasteiger charge is 2.13. The maximum atomic E-state index is 11.8. The number of nitrogens with zero attached hydrogens (tertiary/aromatic N) is 1. The first-order valence-corrected chi connectivity index (χ1v) is 6.38. The van der Waals surface area contributed by atoms with Crippen LogP contribution in [0, 0.1) is 0 Å². The van der Waals surface area contributed by atoms with Gasteiger partial charge in [-0.2, -0.15) is 0 Å². The van der Waals surface area contributed by atoms with Crippen molar-refractivity contribution in [3.63, 3.8) is 0 Å². The summed E-state index contributed by atoms with van der Waals surface area (Å²) < 4.78 is 10.4. The molecule has 0 saturated carbocycles. The van der Waals surface area contributed by atoms with Crippen LogP contribution < -0.4 is 15.2 Å². The van der Waals surface area contributed by atoms with Crippen LogP contribution in [0.2, 0.25) is 0 Å². The molecule has 0 heterocycles. The van der Waals surface area contributed by atoms with E-state index in [0.29, 0.717) is 36.6 Å². The third-order valence-corrected chi connectivity index (χ3v) is 3.10. The Hall–Kier alpha value is -1.95. The van der Waals surface area contributed by atoms with Gasteiger partial charge in [0.05, 0.1) is 26.5 Å². The highest BCUT2D eigenvalue weighted by Crippen LogP contribution is 2.31. The predicted molar refractivity (Wildman–Crippen MR) is 77.0 cm³/mol. The average Bonchev–Trinajstić information content (AvgIpc) is 2.44. The third-order valence-electron chi connectivity index (χ3n) is 3.10. The summed E-state index contributed by atoms with van der Waals surface area (Å²) in [6.07, 6.45) is 0.852. The summed E-state index contributed by atoms with van der Waals surface area (Å²) in [6, 6.07) is 3.48. The van der Waals surface area contributed by atoms with Crippen molar-refractivity contribution in [3.05, 3.63) is 17.7 Å². The topological polar surface area (TPSA) is 85.0 Å². The summed E-state index contributed by atoms with van der Waals surface area (Å²) in [4.78, 5) is 13.3. The molecule has 0 fully saturated rings. The summed E-state index contributed by atoms with van der Waals surface area (Å²) in [5.74, 6) is 1.17. The molecule has 0 aliphatic rings. The van der Waals surface area contributed by atoms with Gasteiger partial charge in [0.2, 0.25) is 5.91 Å². The van der Waals surface area contributed by atoms with E-state index in [1.165, 1.54) is 12.0 Å². The number of rotatable bonds is 7. The number of hydrogen-bond donors (Lipinski definition) is 2. The second-order valence-corrected chi connectivity index (χ2v) is 4.44. The van der Waals surface area contributed by atoms with E-state index < -0.39 is 0 Å². The SMILES string of the molecule is COc1cc(OC)c(CCC(=O)N(C)CCO)cc1N. The summed E-state index contributed by atoms with van der Waals surface area (Å²) >= 11 is 0. The van der Waals surface area contributed by atoms with Gasteiger partial charge in [-0.25, -0.2) is 0 Å². The van der Waals surface area contributed by atoms with E-state index in [2.05, 4.69) is 0 Å². The lowest BCUT2D eigenvalue weighted by Gasteiger charge is -2.16. The number of anilines is 1. The molecule has 6 nitrogen and oxygen atoms in total. The third kappa shape index (κ3) is 4.03. The molecule has 0 radical (unpaired) electrons. The average molecular weight is 282 g/mol. The number of ether oxygens (including phenoxy) is 2. The molecule has 1 rings (SSSR count). The smallest absolute Gasteiger partial charge is 0.222 e. The number of likely N-dealkylation sites (N-methyl/N-ethyl adjacent to an activating group) is 1. The Morgan fingerprint density at radius 3 is 2.50 bits per heavy atom. The van der Waals surface area contributed by atoms with Gasteiger partial charge in [0.1, 0.15) is 11.5 Å². The zero-order valence-electron chi connectivity index (χ0n) is 12.2. The number of carbonyl (C=O) groups excluding carboxylic acids is 1. The molecule has 112 valence electrons. The highest BCUT2D eigenvalue weighted by atomic mass is 16.5. The fourth-order valence-electron chi connectivity index (χ4n) is 1.89. The van der Waals surface area contributed by atoms with Crippen LogP contribution in [0.1, 0.15) is 12.0 Å². The van der Waals surface area contributed by atoms with Crippen molar-refractivity contribution in [2.24, 2.45) is 0 Å². The Labute approximate surface area is 119 Å². The Morgan fingerprint density at radius 1 is 1.30 bits per heavy atom. The highest BCUT2D eigenvalue weighted by molar-refractivity contribution is 5.76. The van der Waals surface area contributed by atoms with Crippen molar-refractivity contribution in [3.8, 4) is 11.5 Å². The zero-order chi connectivity index (χ0) is 15.1. The first kappa shape index (κ1) is 16.1. The summed E-state index contributed by atoms with van der Waals surface area (Å²) in [6.45, 7) is 0.293. The van der Waals surface area contributed by atoms with Gasteiger partial charge in [0.25, 0.3) is 0 Å². The molecule has 1 aromatic carbocycles. The van der Waals surface area contributed by atoms with E-state index in [-0.39, 0.29) is 12.5 Å². The molecule has 0 atom stereocenters. The van der Waals surface area contributed by atoms with Gasteiger partial charge in [0, 0.05) is 26.1 Å². The predicted octanol–water partition coefficient (Wildman–Crippen LogP) is 0.669. The van der Waals surface area contributed by atoms with E-state index in [0.717, 1.165) is 5.56 Å². The molecule has 1 aromatic rings. The molecule has 0 aromatic heterocycles. The van der Waals surface area contributed by atoms with E-state index >= 15 is 0 Å². The van der Waals surface area contributed by atoms with Crippen LogP contribution in [0.25, 0.3) is 0 Å². The molecule has 0 unspecified atom stereocenters. The van der Waals surface area contributed by atoms with Crippen LogP contribution in [0.5, 0.6) is 11.5 Å². The molecule has 6 heteroatoms. The second-order valence-electron chi connectivity index (χ2n) is 4.44. The number of amides is 1. The van der Waals surface area contributed by atoms with Crippen LogP contribution >= 0.6 is 0 Å². The minimum atomic E-state index is -0.0406. The Balaban J connectivity index is 2.77. The monoisotopic (exact) mass is 282 g/mol. The van der Waals surface area contributed by atoms with Crippen molar-refractivity contribution in [2.45, 2.75) is 12.8 Å². The number of hydrogen-bond acceptors (Lipinski definition) is 5. The van der Waals surface area contributed by atoms with E-state index in [1.54, 1.807) is 26.3 Å². The molecule has 1 amide bonds. The van der Waals surface area contributed by atoms with Crippen LogP contribution in [-0.4, -0.2) is 50.3 Å². The Morgan fingerprint density at radius 2 is 1.95 bits per heavy atom. The number of carbonyl (C=O) groups is 1. The van der Waals surface area contributed by atoms with Gasteiger partial charge in [0.15, 0.2) is 0 Å². The fraction of sp³-hybridized carbons (Fsp3) is 0.500. The minimum absolute atomic E-state index is 0.0320. The molecular formula is C14H22N2O4. The van der Waals surface area contributed by atoms with Gasteiger partial charge in [-0.15, -0.1) is 0 Å². The van der Waals surface area contributed by atoms with Crippen molar-refractivity contribution < 1.29 is 19.4 Å². The van der Waals surface area contributed by atoms with Gasteiger partial charge in [-0.3, -0.25) is 4.79 Å². The summed E-state index contributed by atoms with van der Waals surface area (Å²) in [5.41, 5.74) is 7.23. The van der Waals surface area contributed by atoms with Crippen LogP contribution in [0.15, 0.2) is 12.1 Å². The molecule has 0 bridgehead atoms. The van der Waals surface area contributed by atoms with Crippen molar-refractivity contribution in [2.75, 3.05) is 40.2 Å². The maximum absolute atomic E-state index is 11.8. The largest absolute Gasteiger partial charge is 0.496 e. The maximum Gasteiger partial charge on any atom is 0.222 e. The molecular weight excluding hydrogens is 260 g/mol. The first-order valence-electron chi connectivity index (χ1n) is 6.38. The lowest BCUT2D eigenvalue weighted by Crippen LogP contribution is -2.29. The molecule has 0 saturated heterocycles. The van der Waals surface area contributed by atoms with Crippen molar-refractivity contribution >= 4 is 11.6 Å². The van der Waals surface area contributed by atoms with Crippen LogP contribution in [0.4, 0.5) is 5.69 Å². The number of aryl methyl sites for hydroxylation is 1. The van der Waals surface area contributed by atoms with E-state index in [1.807, 2.05) is 0 Å². The van der Waals surface area contributed by atoms with Gasteiger partial charge < -0.3 is 25.2 Å². The Kier molecular flexibility index (Phi) is 6.11. The number of aliphatic hydroxyl groups is 1. The van der Waals surface area contributed by atoms with Crippen molar-refractivity contribution in [1.82, 2.24) is 4.90 Å². The lowest BCUT2D eigenvalue weighted by atomic mass is 10.1. The summed E-state index contributed by atoms with van der Waals surface area (Å²) in [7, 11) is 4.77. The van der Waals surface area contributed by atoms with E-state index in [9.17, 15) is 4.79 Å². The summed E-state index contributed by atoms with van der Waals surface area (Å²) in [5, 5.41) is 8.80. The van der Waals surface area contributed by atoms with Crippen LogP contribution in [0.3, 0.4) is 0 Å². The number of aliphatic hydroxyl groups excluding tert-OH is 1. The quantitative estimate of drug-likeness (QED) is 0.718. The standard InChI is InChI=1S/C14H22N2O4/c1-16(6-7-17)14(18)5-4-10-8-11(15)13(20-3)9-12(10)19-2/h8-9,17H,4-7,15H2,1-3H3. The van der Waals surface area contributed by atoms with Crippen molar-refractivity contribution in [1.29, 1.82) is 0 Å². The molecule has 0 aliphatic heterocycles. The van der Waals surface area contributed by atoms with E-state index in [4.69, 9.17) is 20.3 Å². The molecule has 0 spiro atoms.